The van der Waals surface area contributed by atoms with Crippen molar-refractivity contribution in [3.8, 4) is 11.3 Å². The van der Waals surface area contributed by atoms with Crippen LogP contribution in [-0.4, -0.2) is 32.6 Å². The van der Waals surface area contributed by atoms with Gasteiger partial charge in [0.1, 0.15) is 12.4 Å². The number of rotatable bonds is 5. The molecule has 6 heteroatoms. The van der Waals surface area contributed by atoms with Crippen LogP contribution in [0.25, 0.3) is 11.3 Å². The Bertz CT molecular complexity index is 751. The molecule has 3 rings (SSSR count). The summed E-state index contributed by atoms with van der Waals surface area (Å²) in [6.07, 6.45) is 8.32. The summed E-state index contributed by atoms with van der Waals surface area (Å²) in [5.41, 5.74) is 2.62. The molecule has 1 N–H and O–H groups in total. The predicted molar refractivity (Wildman–Crippen MR) is 106 cm³/mol. The third-order valence-electron chi connectivity index (χ3n) is 5.75. The first kappa shape index (κ1) is 19.2. The lowest BCUT2D eigenvalue weighted by Gasteiger charge is -2.39. The normalized spacial score (nSPS) is 25.7. The van der Waals surface area contributed by atoms with Crippen molar-refractivity contribution < 1.29 is 8.94 Å². The molecule has 1 aliphatic carbocycles. The second-order valence-electron chi connectivity index (χ2n) is 7.77. The monoisotopic (exact) mass is 377 g/mol. The van der Waals surface area contributed by atoms with E-state index in [2.05, 4.69) is 17.2 Å². The minimum atomic E-state index is -1.04. The summed E-state index contributed by atoms with van der Waals surface area (Å²) in [7, 11) is 1.94. The fraction of sp³-hybridized carbons (Fsp3) is 0.550. The van der Waals surface area contributed by atoms with Crippen molar-refractivity contribution in [2.24, 2.45) is 12.5 Å². The first-order valence-corrected chi connectivity index (χ1v) is 10.7. The molecule has 1 fully saturated rings. The van der Waals surface area contributed by atoms with Crippen molar-refractivity contribution in [1.82, 2.24) is 9.55 Å². The molecule has 2 unspecified atom stereocenters. The molecule has 0 bridgehead atoms. The van der Waals surface area contributed by atoms with Gasteiger partial charge in [0.15, 0.2) is 4.90 Å². The van der Waals surface area contributed by atoms with Crippen molar-refractivity contribution in [3.63, 3.8) is 0 Å². The smallest absolute Gasteiger partial charge is 0.153 e. The molecule has 1 aromatic heterocycles. The second kappa shape index (κ2) is 7.61. The van der Waals surface area contributed by atoms with Crippen LogP contribution in [-0.2, 0) is 18.2 Å². The molecule has 1 heterocycles. The molecule has 0 amide bonds. The van der Waals surface area contributed by atoms with Gasteiger partial charge in [-0.25, -0.2) is 9.37 Å². The molecule has 2 aromatic rings. The third kappa shape index (κ3) is 4.07. The van der Waals surface area contributed by atoms with Gasteiger partial charge in [-0.3, -0.25) is 0 Å². The van der Waals surface area contributed by atoms with E-state index < -0.39 is 17.3 Å². The number of hydrogen-bond acceptors (Lipinski definition) is 3. The maximum absolute atomic E-state index is 13.9. The molecule has 26 heavy (non-hydrogen) atoms. The molecule has 0 spiro atoms. The highest BCUT2D eigenvalue weighted by molar-refractivity contribution is 7.90. The predicted octanol–water partition coefficient (Wildman–Crippen LogP) is 4.54. The first-order valence-electron chi connectivity index (χ1n) is 9.15. The Kier molecular flexibility index (Phi) is 5.63. The highest BCUT2D eigenvalue weighted by atomic mass is 32.2. The quantitative estimate of drug-likeness (QED) is 0.778. The van der Waals surface area contributed by atoms with Crippen molar-refractivity contribution in [2.45, 2.75) is 56.6 Å². The van der Waals surface area contributed by atoms with Gasteiger partial charge < -0.3 is 14.4 Å². The van der Waals surface area contributed by atoms with Crippen molar-refractivity contribution >= 4 is 16.9 Å². The summed E-state index contributed by atoms with van der Waals surface area (Å²) in [6.45, 7) is 3.73. The topological polar surface area (TPSA) is 52.9 Å². The van der Waals surface area contributed by atoms with Crippen LogP contribution in [0.15, 0.2) is 35.6 Å². The lowest BCUT2D eigenvalue weighted by Crippen LogP contribution is -2.36. The van der Waals surface area contributed by atoms with Gasteiger partial charge in [-0.05, 0) is 61.3 Å². The highest BCUT2D eigenvalue weighted by Gasteiger charge is 2.36. The van der Waals surface area contributed by atoms with Gasteiger partial charge in [0.05, 0.1) is 12.0 Å². The lowest BCUT2D eigenvalue weighted by molar-refractivity contribution is 0.0878. The van der Waals surface area contributed by atoms with E-state index in [0.717, 1.165) is 47.5 Å². The van der Waals surface area contributed by atoms with E-state index >= 15 is 0 Å². The fourth-order valence-electron chi connectivity index (χ4n) is 3.63. The molecule has 4 nitrogen and oxygen atoms in total. The van der Waals surface area contributed by atoms with E-state index in [9.17, 15) is 8.94 Å². The number of nitrogens with one attached hydrogen (secondary N) is 1. The third-order valence-corrected chi connectivity index (χ3v) is 6.67. The molecule has 0 aliphatic heterocycles. The minimum Gasteiger partial charge on any atom is -0.612 e. The molecule has 142 valence electrons. The molecular formula is C20H28FN3OS. The summed E-state index contributed by atoms with van der Waals surface area (Å²) < 4.78 is 27.7. The number of hydrogen-bond donors (Lipinski definition) is 1. The fourth-order valence-corrected chi connectivity index (χ4v) is 4.17. The second-order valence-corrected chi connectivity index (χ2v) is 9.15. The summed E-state index contributed by atoms with van der Waals surface area (Å²) in [4.78, 5) is 5.25. The van der Waals surface area contributed by atoms with E-state index in [-0.39, 0.29) is 5.41 Å². The lowest BCUT2D eigenvalue weighted by atomic mass is 9.71. The van der Waals surface area contributed by atoms with Crippen LogP contribution in [0, 0.1) is 5.41 Å². The number of anilines is 1. The molecular weight excluding hydrogens is 349 g/mol. The Hall–Kier alpha value is -1.53. The summed E-state index contributed by atoms with van der Waals surface area (Å²) in [6, 6.07) is 6.17. The van der Waals surface area contributed by atoms with E-state index in [1.54, 1.807) is 19.5 Å². The average Bonchev–Trinajstić information content (AvgIpc) is 3.03. The Balaban J connectivity index is 1.82. The number of benzene rings is 1. The van der Waals surface area contributed by atoms with Crippen molar-refractivity contribution in [1.29, 1.82) is 0 Å². The Morgan fingerprint density at radius 1 is 1.38 bits per heavy atom. The van der Waals surface area contributed by atoms with Gasteiger partial charge in [-0.15, -0.1) is 0 Å². The summed E-state index contributed by atoms with van der Waals surface area (Å²) in [5, 5.41) is 3.63. The highest BCUT2D eigenvalue weighted by Crippen LogP contribution is 2.41. The Morgan fingerprint density at radius 2 is 2.08 bits per heavy atom. The molecule has 0 saturated heterocycles. The van der Waals surface area contributed by atoms with Gasteiger partial charge >= 0.3 is 0 Å². The van der Waals surface area contributed by atoms with Crippen LogP contribution < -0.4 is 5.32 Å². The standard InChI is InChI=1S/C20H28FN3OS/c1-14(21)20(2)9-7-15(8-10-20)23-18-6-5-16(26(4)25)11-17(18)19-12-24(3)13-22-19/h5-6,11-15,23H,7-10H2,1-4H3/t14?,15-,20+,26?. The maximum atomic E-state index is 13.9. The molecule has 2 atom stereocenters. The number of aryl methyl sites for hydroxylation is 1. The van der Waals surface area contributed by atoms with Crippen molar-refractivity contribution in [3.05, 3.63) is 30.7 Å². The average molecular weight is 378 g/mol. The Labute approximate surface area is 158 Å². The zero-order valence-electron chi connectivity index (χ0n) is 16.0. The zero-order chi connectivity index (χ0) is 18.9. The molecule has 1 saturated carbocycles. The maximum Gasteiger partial charge on any atom is 0.153 e. The summed E-state index contributed by atoms with van der Waals surface area (Å²) >= 11 is -1.04. The van der Waals surface area contributed by atoms with Crippen LogP contribution >= 0.6 is 0 Å². The number of aromatic nitrogens is 2. The first-order chi connectivity index (χ1) is 12.3. The Morgan fingerprint density at radius 3 is 2.62 bits per heavy atom. The number of alkyl halides is 1. The molecule has 1 aliphatic rings. The van der Waals surface area contributed by atoms with Crippen LogP contribution in [0.1, 0.15) is 39.5 Å². The van der Waals surface area contributed by atoms with E-state index in [1.807, 2.05) is 36.0 Å². The van der Waals surface area contributed by atoms with Crippen LogP contribution in [0.2, 0.25) is 0 Å². The van der Waals surface area contributed by atoms with Gasteiger partial charge in [-0.1, -0.05) is 6.92 Å². The van der Waals surface area contributed by atoms with E-state index in [0.29, 0.717) is 6.04 Å². The van der Waals surface area contributed by atoms with Crippen molar-refractivity contribution in [2.75, 3.05) is 11.6 Å². The SMILES string of the molecule is CC(F)[C@]1(C)CC[C@H](Nc2ccc([S+](C)[O-])cc2-c2cn(C)cn2)CC1. The minimum absolute atomic E-state index is 0.203. The molecule has 0 radical (unpaired) electrons. The van der Waals surface area contributed by atoms with Gasteiger partial charge in [0.2, 0.25) is 0 Å². The number of imidazole rings is 1. The largest absolute Gasteiger partial charge is 0.612 e. The van der Waals surface area contributed by atoms with Crippen LogP contribution in [0.3, 0.4) is 0 Å². The number of halogens is 1. The molecule has 1 aromatic carbocycles. The number of nitrogens with zero attached hydrogens (tertiary/aromatic N) is 2. The zero-order valence-corrected chi connectivity index (χ0v) is 16.8. The van der Waals surface area contributed by atoms with Crippen LogP contribution in [0.5, 0.6) is 0 Å². The van der Waals surface area contributed by atoms with E-state index in [4.69, 9.17) is 0 Å². The van der Waals surface area contributed by atoms with Gasteiger partial charge in [0.25, 0.3) is 0 Å². The van der Waals surface area contributed by atoms with Gasteiger partial charge in [0, 0.05) is 36.6 Å². The summed E-state index contributed by atoms with van der Waals surface area (Å²) in [5.74, 6) is 0. The van der Waals surface area contributed by atoms with E-state index in [1.165, 1.54) is 0 Å². The van der Waals surface area contributed by atoms with Gasteiger partial charge in [-0.2, -0.15) is 0 Å². The van der Waals surface area contributed by atoms with Crippen LogP contribution in [0.4, 0.5) is 10.1 Å².